The van der Waals surface area contributed by atoms with E-state index < -0.39 is 0 Å². The van der Waals surface area contributed by atoms with Crippen LogP contribution in [0.3, 0.4) is 0 Å². The Labute approximate surface area is 148 Å². The van der Waals surface area contributed by atoms with E-state index in [-0.39, 0.29) is 0 Å². The molecule has 1 aliphatic heterocycles. The van der Waals surface area contributed by atoms with Crippen molar-refractivity contribution in [2.75, 3.05) is 19.3 Å². The van der Waals surface area contributed by atoms with Crippen LogP contribution in [-0.2, 0) is 6.54 Å². The average molecular weight is 337 g/mol. The highest BCUT2D eigenvalue weighted by atomic mass is 32.2. The quantitative estimate of drug-likeness (QED) is 0.760. The first kappa shape index (κ1) is 16.8. The smallest absolute Gasteiger partial charge is 0.169 e. The first-order chi connectivity index (χ1) is 11.8. The number of hydrogen-bond acceptors (Lipinski definition) is 3. The van der Waals surface area contributed by atoms with Crippen molar-refractivity contribution in [3.63, 3.8) is 0 Å². The summed E-state index contributed by atoms with van der Waals surface area (Å²) in [7, 11) is 1.93. The summed E-state index contributed by atoms with van der Waals surface area (Å²) in [6.07, 6.45) is 0. The zero-order chi connectivity index (χ0) is 16.8. The van der Waals surface area contributed by atoms with E-state index in [1.807, 2.05) is 24.9 Å². The summed E-state index contributed by atoms with van der Waals surface area (Å²) in [6.45, 7) is 4.18. The van der Waals surface area contributed by atoms with Gasteiger partial charge in [0.05, 0.1) is 11.4 Å². The Morgan fingerprint density at radius 3 is 2.17 bits per heavy atom. The molecule has 0 amide bonds. The lowest BCUT2D eigenvalue weighted by Gasteiger charge is -2.08. The molecule has 3 nitrogen and oxygen atoms in total. The van der Waals surface area contributed by atoms with Gasteiger partial charge in [-0.2, -0.15) is 0 Å². The van der Waals surface area contributed by atoms with Crippen molar-refractivity contribution in [1.29, 1.82) is 0 Å². The molecule has 124 valence electrons. The minimum Gasteiger partial charge on any atom is -0.320 e. The molecule has 1 aromatic heterocycles. The van der Waals surface area contributed by atoms with Crippen LogP contribution in [0.1, 0.15) is 6.92 Å². The van der Waals surface area contributed by atoms with Gasteiger partial charge in [-0.05, 0) is 13.6 Å². The van der Waals surface area contributed by atoms with Crippen LogP contribution in [0.15, 0.2) is 65.8 Å². The second-order valence-corrected chi connectivity index (χ2v) is 6.59. The van der Waals surface area contributed by atoms with Crippen molar-refractivity contribution < 1.29 is 0 Å². The topological polar surface area (TPSA) is 29.9 Å². The molecule has 0 spiro atoms. The maximum absolute atomic E-state index is 4.86. The van der Waals surface area contributed by atoms with E-state index in [0.717, 1.165) is 29.7 Å². The van der Waals surface area contributed by atoms with Gasteiger partial charge in [-0.25, -0.2) is 4.98 Å². The molecule has 4 rings (SSSR count). The van der Waals surface area contributed by atoms with Crippen LogP contribution < -0.4 is 5.32 Å². The Bertz CT molecular complexity index is 764. The van der Waals surface area contributed by atoms with Gasteiger partial charge in [0.2, 0.25) is 0 Å². The molecule has 2 aromatic carbocycles. The van der Waals surface area contributed by atoms with E-state index in [1.54, 1.807) is 0 Å². The largest absolute Gasteiger partial charge is 0.320 e. The fraction of sp³-hybridized carbons (Fsp3) is 0.250. The predicted molar refractivity (Wildman–Crippen MR) is 103 cm³/mol. The van der Waals surface area contributed by atoms with E-state index in [2.05, 4.69) is 71.4 Å². The second kappa shape index (κ2) is 8.18. The molecule has 1 N–H and O–H groups in total. The Morgan fingerprint density at radius 2 is 1.58 bits per heavy atom. The molecular formula is C20H23N3S. The molecule has 0 bridgehead atoms. The molecule has 0 atom stereocenters. The third kappa shape index (κ3) is 3.55. The predicted octanol–water partition coefficient (Wildman–Crippen LogP) is 4.55. The number of fused-ring (bicyclic) bond motifs is 1. The van der Waals surface area contributed by atoms with Gasteiger partial charge in [-0.1, -0.05) is 79.3 Å². The highest BCUT2D eigenvalue weighted by Gasteiger charge is 2.23. The standard InChI is InChI=1S/C17H14N2S.C3H9N/c1-3-7-13(8-4-1)15-16(14-9-5-2-6-10-14)19-11-12-20-17(19)18-15;1-3-4-2/h1-10H,11-12H2;4H,3H2,1-2H3. The third-order valence-corrected chi connectivity index (χ3v) is 4.88. The number of thioether (sulfide) groups is 1. The summed E-state index contributed by atoms with van der Waals surface area (Å²) in [5, 5.41) is 4.07. The van der Waals surface area contributed by atoms with Gasteiger partial charge in [0.1, 0.15) is 0 Å². The van der Waals surface area contributed by atoms with Crippen LogP contribution in [0.5, 0.6) is 0 Å². The molecule has 0 aliphatic carbocycles. The van der Waals surface area contributed by atoms with E-state index >= 15 is 0 Å². The van der Waals surface area contributed by atoms with Gasteiger partial charge in [-0.3, -0.25) is 0 Å². The Balaban J connectivity index is 0.000000383. The van der Waals surface area contributed by atoms with E-state index in [4.69, 9.17) is 4.98 Å². The van der Waals surface area contributed by atoms with Crippen LogP contribution in [0.4, 0.5) is 0 Å². The lowest BCUT2D eigenvalue weighted by Crippen LogP contribution is -2.01. The molecule has 0 fully saturated rings. The van der Waals surface area contributed by atoms with E-state index in [9.17, 15) is 0 Å². The van der Waals surface area contributed by atoms with Crippen molar-refractivity contribution in [1.82, 2.24) is 14.9 Å². The Hall–Kier alpha value is -2.04. The maximum atomic E-state index is 4.86. The summed E-state index contributed by atoms with van der Waals surface area (Å²) in [5.41, 5.74) is 4.78. The monoisotopic (exact) mass is 337 g/mol. The van der Waals surface area contributed by atoms with Gasteiger partial charge in [-0.15, -0.1) is 0 Å². The first-order valence-corrected chi connectivity index (χ1v) is 9.32. The molecular weight excluding hydrogens is 314 g/mol. The van der Waals surface area contributed by atoms with Crippen LogP contribution in [0, 0.1) is 0 Å². The van der Waals surface area contributed by atoms with Crippen molar-refractivity contribution in [3.05, 3.63) is 60.7 Å². The highest BCUT2D eigenvalue weighted by Crippen LogP contribution is 2.38. The van der Waals surface area contributed by atoms with Crippen molar-refractivity contribution in [2.45, 2.75) is 18.6 Å². The minimum absolute atomic E-state index is 1.05. The summed E-state index contributed by atoms with van der Waals surface area (Å²) in [4.78, 5) is 4.86. The number of nitrogens with one attached hydrogen (secondary N) is 1. The number of rotatable bonds is 3. The van der Waals surface area contributed by atoms with Gasteiger partial charge < -0.3 is 9.88 Å². The molecule has 0 radical (unpaired) electrons. The normalized spacial score (nSPS) is 12.4. The zero-order valence-electron chi connectivity index (χ0n) is 14.2. The molecule has 1 aliphatic rings. The molecule has 0 unspecified atom stereocenters. The lowest BCUT2D eigenvalue weighted by molar-refractivity contribution is 0.726. The van der Waals surface area contributed by atoms with Crippen molar-refractivity contribution in [2.24, 2.45) is 0 Å². The average Bonchev–Trinajstić information content (AvgIpc) is 3.24. The van der Waals surface area contributed by atoms with Crippen LogP contribution >= 0.6 is 11.8 Å². The number of hydrogen-bond donors (Lipinski definition) is 1. The number of benzene rings is 2. The van der Waals surface area contributed by atoms with Gasteiger partial charge in [0.25, 0.3) is 0 Å². The highest BCUT2D eigenvalue weighted by molar-refractivity contribution is 7.99. The SMILES string of the molecule is CCNC.c1ccc(-c2nc3n(c2-c2ccccc2)CCS3)cc1. The molecule has 2 heterocycles. The van der Waals surface area contributed by atoms with E-state index in [0.29, 0.717) is 0 Å². The van der Waals surface area contributed by atoms with Gasteiger partial charge >= 0.3 is 0 Å². The summed E-state index contributed by atoms with van der Waals surface area (Å²) in [6, 6.07) is 21.0. The summed E-state index contributed by atoms with van der Waals surface area (Å²) < 4.78 is 2.35. The minimum atomic E-state index is 1.05. The lowest BCUT2D eigenvalue weighted by atomic mass is 10.0. The summed E-state index contributed by atoms with van der Waals surface area (Å²) in [5.74, 6) is 1.12. The van der Waals surface area contributed by atoms with Crippen molar-refractivity contribution in [3.8, 4) is 22.5 Å². The van der Waals surface area contributed by atoms with Crippen molar-refractivity contribution >= 4 is 11.8 Å². The Morgan fingerprint density at radius 1 is 1.00 bits per heavy atom. The third-order valence-electron chi connectivity index (χ3n) is 3.93. The van der Waals surface area contributed by atoms with Crippen LogP contribution in [-0.4, -0.2) is 28.9 Å². The fourth-order valence-electron chi connectivity index (χ4n) is 2.66. The van der Waals surface area contributed by atoms with Crippen LogP contribution in [0.25, 0.3) is 22.5 Å². The second-order valence-electron chi connectivity index (χ2n) is 5.53. The number of nitrogens with zero attached hydrogens (tertiary/aromatic N) is 2. The maximum Gasteiger partial charge on any atom is 0.169 e. The van der Waals surface area contributed by atoms with Crippen LogP contribution in [0.2, 0.25) is 0 Å². The first-order valence-electron chi connectivity index (χ1n) is 8.34. The number of imidazole rings is 1. The van der Waals surface area contributed by atoms with E-state index in [1.165, 1.54) is 16.8 Å². The molecule has 24 heavy (non-hydrogen) atoms. The number of aromatic nitrogens is 2. The summed E-state index contributed by atoms with van der Waals surface area (Å²) >= 11 is 1.84. The molecule has 3 aromatic rings. The zero-order valence-corrected chi connectivity index (χ0v) is 15.0. The molecule has 0 saturated carbocycles. The molecule has 4 heteroatoms. The van der Waals surface area contributed by atoms with Gasteiger partial charge in [0.15, 0.2) is 5.16 Å². The fourth-order valence-corrected chi connectivity index (χ4v) is 3.61. The molecule has 0 saturated heterocycles. The Kier molecular flexibility index (Phi) is 5.72. The van der Waals surface area contributed by atoms with Gasteiger partial charge in [0, 0.05) is 23.4 Å².